The molecule has 2 heterocycles. The molecular formula is C30H40N2O3. The van der Waals surface area contributed by atoms with Gasteiger partial charge in [0.1, 0.15) is 11.5 Å². The van der Waals surface area contributed by atoms with E-state index in [4.69, 9.17) is 4.74 Å². The van der Waals surface area contributed by atoms with Crippen molar-refractivity contribution in [2.45, 2.75) is 77.3 Å². The van der Waals surface area contributed by atoms with Gasteiger partial charge in [-0.2, -0.15) is 0 Å². The third-order valence-electron chi connectivity index (χ3n) is 7.87. The van der Waals surface area contributed by atoms with E-state index in [1.165, 1.54) is 12.8 Å². The van der Waals surface area contributed by atoms with E-state index in [1.54, 1.807) is 0 Å². The highest BCUT2D eigenvalue weighted by molar-refractivity contribution is 6.03. The fourth-order valence-corrected chi connectivity index (χ4v) is 5.38. The molecule has 0 saturated carbocycles. The highest BCUT2D eigenvalue weighted by Gasteiger charge is 2.36. The molecule has 35 heavy (non-hydrogen) atoms. The number of benzene rings is 2. The Hall–Kier alpha value is -2.50. The summed E-state index contributed by atoms with van der Waals surface area (Å²) in [5.41, 5.74) is 0.392. The number of rotatable bonds is 8. The van der Waals surface area contributed by atoms with Crippen LogP contribution in [0.3, 0.4) is 0 Å². The van der Waals surface area contributed by atoms with Crippen LogP contribution in [-0.4, -0.2) is 58.6 Å². The topological polar surface area (TPSA) is 49.9 Å². The lowest BCUT2D eigenvalue weighted by atomic mass is 9.89. The summed E-state index contributed by atoms with van der Waals surface area (Å²) in [5, 5.41) is 0. The van der Waals surface area contributed by atoms with E-state index in [1.807, 2.05) is 76.2 Å². The molecule has 2 saturated heterocycles. The first-order chi connectivity index (χ1) is 16.7. The Morgan fingerprint density at radius 3 is 1.20 bits per heavy atom. The summed E-state index contributed by atoms with van der Waals surface area (Å²) in [5.74, 6) is 1.63. The molecule has 5 heteroatoms. The number of Topliss-reactive ketones (excluding diaryl/α,β-unsaturated/α-hetero) is 2. The van der Waals surface area contributed by atoms with Gasteiger partial charge in [-0.25, -0.2) is 0 Å². The Bertz CT molecular complexity index is 929. The molecule has 0 radical (unpaired) electrons. The third kappa shape index (κ3) is 5.68. The molecule has 0 atom stereocenters. The maximum atomic E-state index is 13.2. The van der Waals surface area contributed by atoms with E-state index in [9.17, 15) is 9.59 Å². The van der Waals surface area contributed by atoms with E-state index in [0.29, 0.717) is 22.6 Å². The van der Waals surface area contributed by atoms with E-state index in [-0.39, 0.29) is 11.6 Å². The molecule has 2 aromatic rings. The van der Waals surface area contributed by atoms with Crippen LogP contribution in [0, 0.1) is 0 Å². The largest absolute Gasteiger partial charge is 0.457 e. The van der Waals surface area contributed by atoms with Crippen LogP contribution in [-0.2, 0) is 0 Å². The summed E-state index contributed by atoms with van der Waals surface area (Å²) in [6.45, 7) is 12.0. The van der Waals surface area contributed by atoms with E-state index >= 15 is 0 Å². The number of carbonyl (C=O) groups is 2. The Kier molecular flexibility index (Phi) is 7.77. The van der Waals surface area contributed by atoms with Crippen LogP contribution >= 0.6 is 0 Å². The van der Waals surface area contributed by atoms with Crippen molar-refractivity contribution < 1.29 is 14.3 Å². The Balaban J connectivity index is 1.39. The minimum atomic E-state index is -0.507. The molecule has 0 amide bonds. The molecule has 188 valence electrons. The summed E-state index contributed by atoms with van der Waals surface area (Å²) in [6, 6.07) is 14.8. The van der Waals surface area contributed by atoms with Crippen molar-refractivity contribution in [2.75, 3.05) is 26.2 Å². The fraction of sp³-hybridized carbons (Fsp3) is 0.533. The van der Waals surface area contributed by atoms with Crippen molar-refractivity contribution in [3.63, 3.8) is 0 Å². The first kappa shape index (κ1) is 25.6. The molecule has 0 N–H and O–H groups in total. The fourth-order valence-electron chi connectivity index (χ4n) is 5.38. The third-order valence-corrected chi connectivity index (χ3v) is 7.87. The maximum Gasteiger partial charge on any atom is 0.182 e. The predicted molar refractivity (Wildman–Crippen MR) is 141 cm³/mol. The van der Waals surface area contributed by atoms with Gasteiger partial charge in [0.05, 0.1) is 11.1 Å². The zero-order valence-corrected chi connectivity index (χ0v) is 21.8. The van der Waals surface area contributed by atoms with Crippen LogP contribution in [0.2, 0.25) is 0 Å². The number of ketones is 2. The minimum absolute atomic E-state index is 0.144. The van der Waals surface area contributed by atoms with Crippen LogP contribution in [0.15, 0.2) is 48.5 Å². The summed E-state index contributed by atoms with van der Waals surface area (Å²) in [6.07, 6.45) is 7.12. The molecule has 4 rings (SSSR count). The number of piperidine rings is 2. The van der Waals surface area contributed by atoms with Crippen molar-refractivity contribution in [3.05, 3.63) is 59.7 Å². The predicted octanol–water partition coefficient (Wildman–Crippen LogP) is 6.37. The molecular weight excluding hydrogens is 436 g/mol. The zero-order chi connectivity index (χ0) is 25.1. The number of hydrogen-bond acceptors (Lipinski definition) is 5. The second-order valence-electron chi connectivity index (χ2n) is 11.0. The number of hydrogen-bond donors (Lipinski definition) is 0. The molecule has 5 nitrogen and oxygen atoms in total. The van der Waals surface area contributed by atoms with Crippen LogP contribution in [0.25, 0.3) is 0 Å². The number of nitrogens with zero attached hydrogens (tertiary/aromatic N) is 2. The van der Waals surface area contributed by atoms with Crippen molar-refractivity contribution >= 4 is 11.6 Å². The lowest BCUT2D eigenvalue weighted by Crippen LogP contribution is -2.52. The van der Waals surface area contributed by atoms with Crippen LogP contribution < -0.4 is 4.74 Å². The first-order valence-electron chi connectivity index (χ1n) is 13.2. The van der Waals surface area contributed by atoms with E-state index in [2.05, 4.69) is 9.80 Å². The minimum Gasteiger partial charge on any atom is -0.457 e. The van der Waals surface area contributed by atoms with E-state index in [0.717, 1.165) is 51.9 Å². The monoisotopic (exact) mass is 476 g/mol. The lowest BCUT2D eigenvalue weighted by Gasteiger charge is -2.39. The summed E-state index contributed by atoms with van der Waals surface area (Å²) in [7, 11) is 0. The molecule has 2 fully saturated rings. The molecule has 2 aliphatic rings. The smallest absolute Gasteiger partial charge is 0.182 e. The van der Waals surface area contributed by atoms with Crippen LogP contribution in [0.4, 0.5) is 0 Å². The lowest BCUT2D eigenvalue weighted by molar-refractivity contribution is 0.0576. The molecule has 0 spiro atoms. The summed E-state index contributed by atoms with van der Waals surface area (Å²) >= 11 is 0. The van der Waals surface area contributed by atoms with Crippen LogP contribution in [0.5, 0.6) is 11.5 Å². The zero-order valence-electron chi connectivity index (χ0n) is 21.8. The quantitative estimate of drug-likeness (QED) is 0.414. The summed E-state index contributed by atoms with van der Waals surface area (Å²) in [4.78, 5) is 31.0. The van der Waals surface area contributed by atoms with Gasteiger partial charge in [-0.15, -0.1) is 0 Å². The molecule has 0 aromatic heterocycles. The Morgan fingerprint density at radius 2 is 0.886 bits per heavy atom. The van der Waals surface area contributed by atoms with Gasteiger partial charge >= 0.3 is 0 Å². The number of carbonyl (C=O) groups excluding carboxylic acids is 2. The van der Waals surface area contributed by atoms with Gasteiger partial charge in [0.2, 0.25) is 0 Å². The normalized spacial score (nSPS) is 18.3. The van der Waals surface area contributed by atoms with Crippen molar-refractivity contribution in [2.24, 2.45) is 0 Å². The SMILES string of the molecule is CC(C)(C(=O)c1ccc(Oc2ccc(C(=O)C(C)(C)N3CCCCC3)cc2)cc1)N1CCCCC1. The second kappa shape index (κ2) is 10.6. The number of likely N-dealkylation sites (tertiary alicyclic amines) is 2. The maximum absolute atomic E-state index is 13.2. The molecule has 0 bridgehead atoms. The number of ether oxygens (including phenoxy) is 1. The van der Waals surface area contributed by atoms with Gasteiger partial charge < -0.3 is 4.74 Å². The van der Waals surface area contributed by atoms with E-state index < -0.39 is 11.1 Å². The van der Waals surface area contributed by atoms with Crippen molar-refractivity contribution in [1.82, 2.24) is 9.80 Å². The summed E-state index contributed by atoms with van der Waals surface area (Å²) < 4.78 is 6.01. The molecule has 0 aliphatic carbocycles. The van der Waals surface area contributed by atoms with Crippen LogP contribution in [0.1, 0.15) is 86.9 Å². The Morgan fingerprint density at radius 1 is 0.571 bits per heavy atom. The Labute approximate surface area is 210 Å². The van der Waals surface area contributed by atoms with Gasteiger partial charge in [0, 0.05) is 11.1 Å². The standard InChI is InChI=1S/C30H40N2O3/c1-29(2,31-19-7-5-8-20-31)27(33)23-11-15-25(16-12-23)35-26-17-13-24(14-18-26)28(34)30(3,4)32-21-9-6-10-22-32/h11-18H,5-10,19-22H2,1-4H3. The highest BCUT2D eigenvalue weighted by Crippen LogP contribution is 2.29. The molecule has 2 aromatic carbocycles. The highest BCUT2D eigenvalue weighted by atomic mass is 16.5. The van der Waals surface area contributed by atoms with Gasteiger partial charge in [0.25, 0.3) is 0 Å². The van der Waals surface area contributed by atoms with Crippen molar-refractivity contribution in [1.29, 1.82) is 0 Å². The van der Waals surface area contributed by atoms with Gasteiger partial charge in [-0.3, -0.25) is 19.4 Å². The van der Waals surface area contributed by atoms with Gasteiger partial charge in [-0.05, 0) is 128 Å². The van der Waals surface area contributed by atoms with Gasteiger partial charge in [-0.1, -0.05) is 12.8 Å². The average Bonchev–Trinajstić information content (AvgIpc) is 2.89. The van der Waals surface area contributed by atoms with Gasteiger partial charge in [0.15, 0.2) is 11.6 Å². The molecule has 0 unspecified atom stereocenters. The second-order valence-corrected chi connectivity index (χ2v) is 11.0. The first-order valence-corrected chi connectivity index (χ1v) is 13.2. The molecule has 2 aliphatic heterocycles. The van der Waals surface area contributed by atoms with Crippen molar-refractivity contribution in [3.8, 4) is 11.5 Å². The average molecular weight is 477 g/mol.